The van der Waals surface area contributed by atoms with Crippen LogP contribution in [0.2, 0.25) is 5.02 Å². The molecule has 0 atom stereocenters. The number of hydrogen-bond acceptors (Lipinski definition) is 6. The number of amides is 1. The Bertz CT molecular complexity index is 842. The van der Waals surface area contributed by atoms with Crippen LogP contribution in [0.4, 0.5) is 17.1 Å². The molecule has 0 spiro atoms. The van der Waals surface area contributed by atoms with Crippen LogP contribution in [0.15, 0.2) is 42.5 Å². The number of carbonyl (C=O) groups is 1. The largest absolute Gasteiger partial charge is 0.487 e. The van der Waals surface area contributed by atoms with Crippen LogP contribution in [0.5, 0.6) is 5.75 Å². The second kappa shape index (κ2) is 8.77. The third-order valence-electron chi connectivity index (χ3n) is 3.30. The third-order valence-corrected chi connectivity index (χ3v) is 3.53. The molecule has 1 N–H and O–H groups in total. The summed E-state index contributed by atoms with van der Waals surface area (Å²) < 4.78 is 5.33. The van der Waals surface area contributed by atoms with Crippen LogP contribution >= 0.6 is 11.6 Å². The van der Waals surface area contributed by atoms with Gasteiger partial charge in [0.15, 0.2) is 5.75 Å². The van der Waals surface area contributed by atoms with Crippen LogP contribution in [0.3, 0.4) is 0 Å². The van der Waals surface area contributed by atoms with Crippen molar-refractivity contribution in [2.24, 2.45) is 0 Å². The summed E-state index contributed by atoms with van der Waals surface area (Å²) in [6, 6.07) is 9.85. The van der Waals surface area contributed by atoms with Crippen molar-refractivity contribution in [3.05, 3.63) is 67.7 Å². The van der Waals surface area contributed by atoms with E-state index in [1.807, 2.05) is 0 Å². The van der Waals surface area contributed by atoms with Gasteiger partial charge in [0.1, 0.15) is 5.69 Å². The highest BCUT2D eigenvalue weighted by molar-refractivity contribution is 6.31. The molecule has 2 aromatic carbocycles. The number of rotatable bonds is 8. The van der Waals surface area contributed by atoms with Crippen molar-refractivity contribution in [1.82, 2.24) is 0 Å². The number of nitrogens with one attached hydrogen (secondary N) is 1. The van der Waals surface area contributed by atoms with Crippen molar-refractivity contribution in [2.75, 3.05) is 11.9 Å². The first kappa shape index (κ1) is 19.1. The second-order valence-electron chi connectivity index (χ2n) is 5.14. The Hall–Kier alpha value is -3.20. The molecule has 0 aliphatic heterocycles. The SMILES string of the molecule is O=C(CCCOc1ccccc1[N+](=O)[O-])Nc1ccc(Cl)cc1[N+](=O)[O-]. The standard InChI is InChI=1S/C16H14ClN3O6/c17-11-7-8-12(14(10-11)20(24)25)18-16(21)6-3-9-26-15-5-2-1-4-13(15)19(22)23/h1-2,4-5,7-8,10H,3,6,9H2,(H,18,21). The molecule has 0 fully saturated rings. The van der Waals surface area contributed by atoms with Crippen LogP contribution in [0.25, 0.3) is 0 Å². The maximum Gasteiger partial charge on any atom is 0.310 e. The third kappa shape index (κ3) is 5.15. The molecular formula is C16H14ClN3O6. The highest BCUT2D eigenvalue weighted by Gasteiger charge is 2.17. The lowest BCUT2D eigenvalue weighted by atomic mass is 10.2. The summed E-state index contributed by atoms with van der Waals surface area (Å²) >= 11 is 5.71. The zero-order chi connectivity index (χ0) is 19.1. The van der Waals surface area contributed by atoms with Gasteiger partial charge in [0.2, 0.25) is 5.91 Å². The molecule has 0 aromatic heterocycles. The van der Waals surface area contributed by atoms with Gasteiger partial charge in [-0.1, -0.05) is 23.7 Å². The fourth-order valence-corrected chi connectivity index (χ4v) is 2.29. The van der Waals surface area contributed by atoms with Gasteiger partial charge >= 0.3 is 5.69 Å². The molecule has 0 aliphatic carbocycles. The molecule has 0 saturated heterocycles. The number of ether oxygens (including phenoxy) is 1. The number of nitro groups is 2. The van der Waals surface area contributed by atoms with E-state index in [-0.39, 0.29) is 47.3 Å². The molecule has 10 heteroatoms. The molecule has 0 radical (unpaired) electrons. The van der Waals surface area contributed by atoms with Crippen LogP contribution in [-0.4, -0.2) is 22.4 Å². The van der Waals surface area contributed by atoms with Crippen molar-refractivity contribution in [3.63, 3.8) is 0 Å². The minimum atomic E-state index is -0.640. The summed E-state index contributed by atoms with van der Waals surface area (Å²) in [6.45, 7) is 0.0843. The Morgan fingerprint density at radius 3 is 2.46 bits per heavy atom. The van der Waals surface area contributed by atoms with Crippen molar-refractivity contribution in [1.29, 1.82) is 0 Å². The van der Waals surface area contributed by atoms with Crippen molar-refractivity contribution in [2.45, 2.75) is 12.8 Å². The van der Waals surface area contributed by atoms with E-state index < -0.39 is 15.8 Å². The number of nitrogens with zero attached hydrogens (tertiary/aromatic N) is 2. The fourth-order valence-electron chi connectivity index (χ4n) is 2.12. The molecule has 0 unspecified atom stereocenters. The molecule has 0 heterocycles. The summed E-state index contributed by atoms with van der Waals surface area (Å²) in [4.78, 5) is 32.6. The van der Waals surface area contributed by atoms with E-state index in [0.29, 0.717) is 0 Å². The average Bonchev–Trinajstić information content (AvgIpc) is 2.60. The van der Waals surface area contributed by atoms with Gasteiger partial charge in [0, 0.05) is 23.6 Å². The zero-order valence-electron chi connectivity index (χ0n) is 13.4. The first-order valence-corrected chi connectivity index (χ1v) is 7.86. The number of anilines is 1. The molecule has 136 valence electrons. The number of para-hydroxylation sites is 2. The number of hydrogen-bond donors (Lipinski definition) is 1. The molecule has 2 rings (SSSR count). The topological polar surface area (TPSA) is 125 Å². The predicted octanol–water partition coefficient (Wildman–Crippen LogP) is 3.95. The Morgan fingerprint density at radius 1 is 1.08 bits per heavy atom. The van der Waals surface area contributed by atoms with Gasteiger partial charge in [-0.3, -0.25) is 25.0 Å². The van der Waals surface area contributed by atoms with Gasteiger partial charge in [-0.05, 0) is 24.6 Å². The summed E-state index contributed by atoms with van der Waals surface area (Å²) in [5, 5.41) is 24.5. The molecule has 0 saturated carbocycles. The highest BCUT2D eigenvalue weighted by Crippen LogP contribution is 2.28. The zero-order valence-corrected chi connectivity index (χ0v) is 14.1. The quantitative estimate of drug-likeness (QED) is 0.420. The van der Waals surface area contributed by atoms with Crippen LogP contribution in [0, 0.1) is 20.2 Å². The van der Waals surface area contributed by atoms with Gasteiger partial charge in [0.25, 0.3) is 5.69 Å². The van der Waals surface area contributed by atoms with E-state index in [9.17, 15) is 25.0 Å². The molecule has 0 bridgehead atoms. The molecular weight excluding hydrogens is 366 g/mol. The normalized spacial score (nSPS) is 10.2. The van der Waals surface area contributed by atoms with Crippen LogP contribution < -0.4 is 10.1 Å². The molecule has 9 nitrogen and oxygen atoms in total. The number of nitro benzene ring substituents is 2. The highest BCUT2D eigenvalue weighted by atomic mass is 35.5. The van der Waals surface area contributed by atoms with Gasteiger partial charge in [-0.15, -0.1) is 0 Å². The van der Waals surface area contributed by atoms with E-state index >= 15 is 0 Å². The van der Waals surface area contributed by atoms with Crippen LogP contribution in [-0.2, 0) is 4.79 Å². The van der Waals surface area contributed by atoms with Crippen molar-refractivity contribution in [3.8, 4) is 5.75 Å². The summed E-state index contributed by atoms with van der Waals surface area (Å²) in [7, 11) is 0. The Balaban J connectivity index is 1.87. The second-order valence-corrected chi connectivity index (χ2v) is 5.58. The number of carbonyl (C=O) groups excluding carboxylic acids is 1. The van der Waals surface area contributed by atoms with E-state index in [4.69, 9.17) is 16.3 Å². The van der Waals surface area contributed by atoms with E-state index in [1.54, 1.807) is 6.07 Å². The summed E-state index contributed by atoms with van der Waals surface area (Å²) in [5.74, 6) is -0.326. The number of halogens is 1. The first-order valence-electron chi connectivity index (χ1n) is 7.48. The molecule has 26 heavy (non-hydrogen) atoms. The average molecular weight is 380 g/mol. The Labute approximate surface area is 152 Å². The van der Waals surface area contributed by atoms with Gasteiger partial charge < -0.3 is 10.1 Å². The van der Waals surface area contributed by atoms with Gasteiger partial charge in [-0.2, -0.15) is 0 Å². The maximum atomic E-state index is 11.9. The summed E-state index contributed by atoms with van der Waals surface area (Å²) in [5.41, 5.74) is -0.417. The van der Waals surface area contributed by atoms with Crippen molar-refractivity contribution >= 4 is 34.6 Å². The first-order chi connectivity index (χ1) is 12.4. The van der Waals surface area contributed by atoms with Gasteiger partial charge in [-0.25, -0.2) is 0 Å². The minimum Gasteiger partial charge on any atom is -0.487 e. The maximum absolute atomic E-state index is 11.9. The molecule has 2 aromatic rings. The lowest BCUT2D eigenvalue weighted by Crippen LogP contribution is -2.14. The lowest BCUT2D eigenvalue weighted by Gasteiger charge is -2.08. The Morgan fingerprint density at radius 2 is 1.77 bits per heavy atom. The smallest absolute Gasteiger partial charge is 0.310 e. The summed E-state index contributed by atoms with van der Waals surface area (Å²) in [6.07, 6.45) is 0.305. The van der Waals surface area contributed by atoms with E-state index in [0.717, 1.165) is 6.07 Å². The van der Waals surface area contributed by atoms with E-state index in [1.165, 1.54) is 30.3 Å². The molecule has 1 amide bonds. The monoisotopic (exact) mass is 379 g/mol. The fraction of sp³-hybridized carbons (Fsp3) is 0.188. The van der Waals surface area contributed by atoms with E-state index in [2.05, 4.69) is 5.32 Å². The van der Waals surface area contributed by atoms with Crippen molar-refractivity contribution < 1.29 is 19.4 Å². The van der Waals surface area contributed by atoms with Gasteiger partial charge in [0.05, 0.1) is 16.5 Å². The predicted molar refractivity (Wildman–Crippen MR) is 94.6 cm³/mol. The van der Waals surface area contributed by atoms with Crippen LogP contribution in [0.1, 0.15) is 12.8 Å². The Kier molecular flexibility index (Phi) is 6.45. The molecule has 0 aliphatic rings. The number of benzene rings is 2. The lowest BCUT2D eigenvalue weighted by molar-refractivity contribution is -0.385. The minimum absolute atomic E-state index is 0.0282.